The maximum atomic E-state index is 12.3. The molecule has 29 heavy (non-hydrogen) atoms. The summed E-state index contributed by atoms with van der Waals surface area (Å²) in [6.45, 7) is 5.50. The van der Waals surface area contributed by atoms with Crippen LogP contribution >= 0.6 is 0 Å². The van der Waals surface area contributed by atoms with E-state index >= 15 is 0 Å². The van der Waals surface area contributed by atoms with Gasteiger partial charge in [-0.2, -0.15) is 5.10 Å². The molecule has 1 heterocycles. The minimum Gasteiger partial charge on any atom is -0.494 e. The number of carbonyl (C=O) groups is 1. The molecule has 0 unspecified atom stereocenters. The number of benzene rings is 2. The second kappa shape index (κ2) is 8.65. The summed E-state index contributed by atoms with van der Waals surface area (Å²) < 4.78 is 32.0. The van der Waals surface area contributed by atoms with Crippen LogP contribution in [-0.4, -0.2) is 37.4 Å². The van der Waals surface area contributed by atoms with E-state index in [1.165, 1.54) is 11.9 Å². The molecular weight excluding hydrogens is 390 g/mol. The highest BCUT2D eigenvalue weighted by molar-refractivity contribution is 7.92. The molecule has 0 saturated carbocycles. The van der Waals surface area contributed by atoms with Gasteiger partial charge in [-0.15, -0.1) is 0 Å². The smallest absolute Gasteiger partial charge is 0.240 e. The number of rotatable bonds is 7. The van der Waals surface area contributed by atoms with Crippen LogP contribution in [0.3, 0.4) is 0 Å². The maximum absolute atomic E-state index is 12.3. The average Bonchev–Trinajstić information content (AvgIpc) is 3.14. The third-order valence-corrected chi connectivity index (χ3v) is 5.97. The van der Waals surface area contributed by atoms with Gasteiger partial charge in [-0.3, -0.25) is 9.52 Å². The minimum absolute atomic E-state index is 0.00737. The van der Waals surface area contributed by atoms with Crippen LogP contribution in [0.1, 0.15) is 44.4 Å². The van der Waals surface area contributed by atoms with Gasteiger partial charge in [0, 0.05) is 24.6 Å². The fourth-order valence-electron chi connectivity index (χ4n) is 3.27. The summed E-state index contributed by atoms with van der Waals surface area (Å²) in [6.07, 6.45) is 0.508. The van der Waals surface area contributed by atoms with E-state index in [-0.39, 0.29) is 17.7 Å². The monoisotopic (exact) mass is 415 g/mol. The number of hydrogen-bond donors (Lipinski definition) is 1. The van der Waals surface area contributed by atoms with E-state index in [2.05, 4.69) is 9.82 Å². The van der Waals surface area contributed by atoms with Gasteiger partial charge in [0.25, 0.3) is 0 Å². The van der Waals surface area contributed by atoms with Crippen LogP contribution in [0.4, 0.5) is 5.69 Å². The number of sulfonamides is 1. The van der Waals surface area contributed by atoms with Gasteiger partial charge in [-0.1, -0.05) is 30.3 Å². The first-order valence-electron chi connectivity index (χ1n) is 9.54. The predicted molar refractivity (Wildman–Crippen MR) is 114 cm³/mol. The zero-order valence-electron chi connectivity index (χ0n) is 16.8. The van der Waals surface area contributed by atoms with Crippen LogP contribution in [0.25, 0.3) is 0 Å². The summed E-state index contributed by atoms with van der Waals surface area (Å²) >= 11 is 0. The number of anilines is 1. The highest BCUT2D eigenvalue weighted by Gasteiger charge is 2.33. The molecule has 2 aromatic rings. The maximum Gasteiger partial charge on any atom is 0.240 e. The van der Waals surface area contributed by atoms with Gasteiger partial charge in [0.1, 0.15) is 5.75 Å². The molecule has 0 aliphatic carbocycles. The van der Waals surface area contributed by atoms with Gasteiger partial charge in [0.2, 0.25) is 15.9 Å². The molecule has 3 rings (SSSR count). The van der Waals surface area contributed by atoms with Crippen LogP contribution in [0.2, 0.25) is 0 Å². The zero-order valence-corrected chi connectivity index (χ0v) is 17.6. The fourth-order valence-corrected chi connectivity index (χ4v) is 3.90. The Balaban J connectivity index is 1.93. The number of nitrogens with zero attached hydrogens (tertiary/aromatic N) is 2. The Morgan fingerprint density at radius 1 is 1.21 bits per heavy atom. The highest BCUT2D eigenvalue weighted by atomic mass is 32.2. The molecule has 2 aromatic carbocycles. The Morgan fingerprint density at radius 2 is 1.97 bits per heavy atom. The van der Waals surface area contributed by atoms with Gasteiger partial charge in [-0.05, 0) is 37.6 Å². The normalized spacial score (nSPS) is 16.4. The van der Waals surface area contributed by atoms with Crippen molar-refractivity contribution in [1.82, 2.24) is 5.01 Å². The standard InChI is InChI=1S/C21H25N3O4S/c1-4-28-21-12-7-6-11-18(21)20-14-19(22-24(20)15(3)25)16-9-8-10-17(13-16)23-29(26,27)5-2/h6-13,20,23H,4-5,14H2,1-3H3/t20-/m0/s1. The number of carbonyl (C=O) groups excluding carboxylic acids is 1. The van der Waals surface area contributed by atoms with Crippen LogP contribution < -0.4 is 9.46 Å². The molecule has 154 valence electrons. The van der Waals surface area contributed by atoms with Crippen molar-refractivity contribution < 1.29 is 17.9 Å². The number of para-hydroxylation sites is 1. The number of amides is 1. The number of ether oxygens (including phenoxy) is 1. The third-order valence-electron chi connectivity index (χ3n) is 4.66. The molecule has 1 amide bonds. The number of hydrazone groups is 1. The fraction of sp³-hybridized carbons (Fsp3) is 0.333. The molecule has 0 spiro atoms. The Labute approximate surface area is 171 Å². The van der Waals surface area contributed by atoms with E-state index in [0.717, 1.165) is 16.9 Å². The molecule has 1 atom stereocenters. The molecule has 0 aromatic heterocycles. The topological polar surface area (TPSA) is 88.1 Å². The van der Waals surface area contributed by atoms with Crippen molar-refractivity contribution >= 4 is 27.3 Å². The van der Waals surface area contributed by atoms with Gasteiger partial charge >= 0.3 is 0 Å². The Hall–Kier alpha value is -2.87. The molecule has 7 nitrogen and oxygen atoms in total. The number of hydrogen-bond acceptors (Lipinski definition) is 5. The molecule has 1 N–H and O–H groups in total. The van der Waals surface area contributed by atoms with Crippen LogP contribution in [0.15, 0.2) is 53.6 Å². The van der Waals surface area contributed by atoms with Crippen molar-refractivity contribution in [3.8, 4) is 5.75 Å². The molecule has 0 bridgehead atoms. The van der Waals surface area contributed by atoms with E-state index in [9.17, 15) is 13.2 Å². The van der Waals surface area contributed by atoms with Crippen LogP contribution in [0.5, 0.6) is 5.75 Å². The lowest BCUT2D eigenvalue weighted by molar-refractivity contribution is -0.130. The lowest BCUT2D eigenvalue weighted by Gasteiger charge is -2.22. The Morgan fingerprint density at radius 3 is 2.66 bits per heavy atom. The highest BCUT2D eigenvalue weighted by Crippen LogP contribution is 2.37. The van der Waals surface area contributed by atoms with E-state index in [4.69, 9.17) is 4.74 Å². The summed E-state index contributed by atoms with van der Waals surface area (Å²) in [4.78, 5) is 12.3. The van der Waals surface area contributed by atoms with Gasteiger partial charge in [-0.25, -0.2) is 13.4 Å². The number of nitrogens with one attached hydrogen (secondary N) is 1. The lowest BCUT2D eigenvalue weighted by Crippen LogP contribution is -2.24. The summed E-state index contributed by atoms with van der Waals surface area (Å²) in [5.41, 5.74) is 2.85. The molecule has 1 aliphatic rings. The first-order chi connectivity index (χ1) is 13.8. The van der Waals surface area contributed by atoms with E-state index in [1.54, 1.807) is 25.1 Å². The van der Waals surface area contributed by atoms with Crippen molar-refractivity contribution in [2.75, 3.05) is 17.1 Å². The van der Waals surface area contributed by atoms with Crippen molar-refractivity contribution in [3.63, 3.8) is 0 Å². The van der Waals surface area contributed by atoms with E-state index in [1.807, 2.05) is 37.3 Å². The predicted octanol–water partition coefficient (Wildman–Crippen LogP) is 3.54. The molecule has 0 saturated heterocycles. The summed E-state index contributed by atoms with van der Waals surface area (Å²) in [5, 5.41) is 6.01. The zero-order chi connectivity index (χ0) is 21.0. The second-order valence-corrected chi connectivity index (χ2v) is 8.70. The van der Waals surface area contributed by atoms with Gasteiger partial charge in [0.15, 0.2) is 0 Å². The minimum atomic E-state index is -3.37. The molecular formula is C21H25N3O4S. The lowest BCUT2D eigenvalue weighted by atomic mass is 9.97. The first-order valence-corrected chi connectivity index (χ1v) is 11.2. The first kappa shape index (κ1) is 20.9. The average molecular weight is 416 g/mol. The second-order valence-electron chi connectivity index (χ2n) is 6.69. The van der Waals surface area contributed by atoms with E-state index in [0.29, 0.717) is 24.4 Å². The summed E-state index contributed by atoms with van der Waals surface area (Å²) in [7, 11) is -3.37. The van der Waals surface area contributed by atoms with Crippen molar-refractivity contribution in [2.45, 2.75) is 33.2 Å². The van der Waals surface area contributed by atoms with Crippen molar-refractivity contribution in [2.24, 2.45) is 5.10 Å². The van der Waals surface area contributed by atoms with Crippen LogP contribution in [0, 0.1) is 0 Å². The molecule has 8 heteroatoms. The summed E-state index contributed by atoms with van der Waals surface area (Å²) in [5.74, 6) is 0.554. The largest absolute Gasteiger partial charge is 0.494 e. The molecule has 0 fully saturated rings. The quantitative estimate of drug-likeness (QED) is 0.749. The van der Waals surface area contributed by atoms with Crippen LogP contribution in [-0.2, 0) is 14.8 Å². The summed E-state index contributed by atoms with van der Waals surface area (Å²) in [6, 6.07) is 14.4. The van der Waals surface area contributed by atoms with Crippen molar-refractivity contribution in [3.05, 3.63) is 59.7 Å². The van der Waals surface area contributed by atoms with Gasteiger partial charge in [0.05, 0.1) is 24.1 Å². The molecule has 1 aliphatic heterocycles. The van der Waals surface area contributed by atoms with Crippen molar-refractivity contribution in [1.29, 1.82) is 0 Å². The van der Waals surface area contributed by atoms with Gasteiger partial charge < -0.3 is 4.74 Å². The molecule has 0 radical (unpaired) electrons. The Kier molecular flexibility index (Phi) is 6.22. The van der Waals surface area contributed by atoms with E-state index < -0.39 is 10.0 Å². The Bertz CT molecular complexity index is 1030. The third kappa shape index (κ3) is 4.76. The SMILES string of the molecule is CCOc1ccccc1[C@@H]1CC(c2cccc(NS(=O)(=O)CC)c2)=NN1C(C)=O.